The minimum absolute atomic E-state index is 0.648. The van der Waals surface area contributed by atoms with Gasteiger partial charge in [0.1, 0.15) is 11.9 Å². The van der Waals surface area contributed by atoms with E-state index in [2.05, 4.69) is 4.98 Å². The average Bonchev–Trinajstić information content (AvgIpc) is 2.65. The van der Waals surface area contributed by atoms with Crippen molar-refractivity contribution < 1.29 is 5.11 Å². The molecule has 2 aromatic rings. The van der Waals surface area contributed by atoms with E-state index in [0.29, 0.717) is 5.82 Å². The van der Waals surface area contributed by atoms with Crippen LogP contribution < -0.4 is 0 Å². The molecule has 0 bridgehead atoms. The van der Waals surface area contributed by atoms with Gasteiger partial charge in [0.2, 0.25) is 0 Å². The Morgan fingerprint density at radius 2 is 1.93 bits per heavy atom. The van der Waals surface area contributed by atoms with Gasteiger partial charge in [-0.05, 0) is 12.5 Å². The van der Waals surface area contributed by atoms with Crippen LogP contribution in [0.15, 0.2) is 36.7 Å². The van der Waals surface area contributed by atoms with Gasteiger partial charge in [0, 0.05) is 19.4 Å². The molecule has 0 aliphatic rings. The van der Waals surface area contributed by atoms with Crippen LogP contribution in [0.3, 0.4) is 0 Å². The minimum Gasteiger partial charge on any atom is -0.380 e. The monoisotopic (exact) mass is 202 g/mol. The molecule has 0 saturated carbocycles. The number of aliphatic hydroxyl groups excluding tert-OH is 1. The van der Waals surface area contributed by atoms with E-state index in [4.69, 9.17) is 0 Å². The molecule has 3 heteroatoms. The number of rotatable bonds is 2. The predicted octanol–water partition coefficient (Wildman–Crippen LogP) is 1.81. The van der Waals surface area contributed by atoms with Crippen LogP contribution in [0, 0.1) is 6.92 Å². The van der Waals surface area contributed by atoms with Crippen LogP contribution >= 0.6 is 0 Å². The molecule has 0 fully saturated rings. The average molecular weight is 202 g/mol. The molecule has 1 heterocycles. The van der Waals surface area contributed by atoms with Gasteiger partial charge in [0.05, 0.1) is 0 Å². The van der Waals surface area contributed by atoms with E-state index in [1.807, 2.05) is 49.0 Å². The van der Waals surface area contributed by atoms with Crippen molar-refractivity contribution in [3.8, 4) is 0 Å². The quantitative estimate of drug-likeness (QED) is 0.806. The van der Waals surface area contributed by atoms with Gasteiger partial charge >= 0.3 is 0 Å². The van der Waals surface area contributed by atoms with Crippen molar-refractivity contribution in [2.75, 3.05) is 0 Å². The van der Waals surface area contributed by atoms with E-state index in [0.717, 1.165) is 5.56 Å². The summed E-state index contributed by atoms with van der Waals surface area (Å²) < 4.78 is 1.82. The minimum atomic E-state index is -0.648. The molecule has 0 saturated heterocycles. The summed E-state index contributed by atoms with van der Waals surface area (Å²) in [6, 6.07) is 7.83. The van der Waals surface area contributed by atoms with E-state index in [-0.39, 0.29) is 0 Å². The maximum absolute atomic E-state index is 10.1. The summed E-state index contributed by atoms with van der Waals surface area (Å²) in [4.78, 5) is 4.13. The van der Waals surface area contributed by atoms with Gasteiger partial charge in [-0.1, -0.05) is 29.8 Å². The summed E-state index contributed by atoms with van der Waals surface area (Å²) in [6.45, 7) is 2.02. The largest absolute Gasteiger partial charge is 0.380 e. The summed E-state index contributed by atoms with van der Waals surface area (Å²) >= 11 is 0. The Kier molecular flexibility index (Phi) is 2.56. The molecule has 0 amide bonds. The third-order valence-electron chi connectivity index (χ3n) is 2.50. The zero-order chi connectivity index (χ0) is 10.8. The van der Waals surface area contributed by atoms with Crippen LogP contribution in [-0.2, 0) is 7.05 Å². The molecular formula is C12H14N2O. The normalized spacial score (nSPS) is 12.7. The lowest BCUT2D eigenvalue weighted by Gasteiger charge is -2.10. The number of aliphatic hydroxyl groups is 1. The molecular weight excluding hydrogens is 188 g/mol. The molecule has 78 valence electrons. The van der Waals surface area contributed by atoms with Gasteiger partial charge in [-0.3, -0.25) is 0 Å². The van der Waals surface area contributed by atoms with Gasteiger partial charge in [-0.2, -0.15) is 0 Å². The summed E-state index contributed by atoms with van der Waals surface area (Å²) in [5.41, 5.74) is 2.06. The Morgan fingerprint density at radius 1 is 1.27 bits per heavy atom. The highest BCUT2D eigenvalue weighted by atomic mass is 16.3. The number of aryl methyl sites for hydroxylation is 2. The van der Waals surface area contributed by atoms with E-state index in [9.17, 15) is 5.11 Å². The SMILES string of the molecule is Cc1ccc([C@H](O)c2nccn2C)cc1. The van der Waals surface area contributed by atoms with Crippen molar-refractivity contribution in [3.63, 3.8) is 0 Å². The molecule has 0 unspecified atom stereocenters. The van der Waals surface area contributed by atoms with Crippen LogP contribution in [0.25, 0.3) is 0 Å². The fourth-order valence-corrected chi connectivity index (χ4v) is 1.54. The van der Waals surface area contributed by atoms with Gasteiger partial charge in [0.25, 0.3) is 0 Å². The lowest BCUT2D eigenvalue weighted by molar-refractivity contribution is 0.206. The highest BCUT2D eigenvalue weighted by Gasteiger charge is 2.13. The second kappa shape index (κ2) is 3.87. The van der Waals surface area contributed by atoms with Gasteiger partial charge in [-0.25, -0.2) is 4.98 Å². The second-order valence-corrected chi connectivity index (χ2v) is 3.71. The molecule has 1 atom stereocenters. The lowest BCUT2D eigenvalue weighted by atomic mass is 10.1. The Morgan fingerprint density at radius 3 is 2.47 bits per heavy atom. The maximum Gasteiger partial charge on any atom is 0.142 e. The Balaban J connectivity index is 2.32. The van der Waals surface area contributed by atoms with E-state index < -0.39 is 6.10 Å². The van der Waals surface area contributed by atoms with Crippen LogP contribution in [-0.4, -0.2) is 14.7 Å². The third-order valence-corrected chi connectivity index (χ3v) is 2.50. The van der Waals surface area contributed by atoms with Crippen molar-refractivity contribution >= 4 is 0 Å². The lowest BCUT2D eigenvalue weighted by Crippen LogP contribution is -2.06. The Labute approximate surface area is 89.0 Å². The fourth-order valence-electron chi connectivity index (χ4n) is 1.54. The number of aromatic nitrogens is 2. The van der Waals surface area contributed by atoms with Crippen molar-refractivity contribution in [1.82, 2.24) is 9.55 Å². The standard InChI is InChI=1S/C12H14N2O/c1-9-3-5-10(6-4-9)11(15)12-13-7-8-14(12)2/h3-8,11,15H,1-2H3/t11-/m0/s1. The van der Waals surface area contributed by atoms with Crippen LogP contribution in [0.1, 0.15) is 23.1 Å². The molecule has 1 N–H and O–H groups in total. The van der Waals surface area contributed by atoms with E-state index >= 15 is 0 Å². The number of hydrogen-bond acceptors (Lipinski definition) is 2. The third kappa shape index (κ3) is 1.92. The number of hydrogen-bond donors (Lipinski definition) is 1. The molecule has 0 spiro atoms. The summed E-state index contributed by atoms with van der Waals surface area (Å²) in [5, 5.41) is 10.1. The zero-order valence-electron chi connectivity index (χ0n) is 8.88. The van der Waals surface area contributed by atoms with Crippen LogP contribution in [0.2, 0.25) is 0 Å². The highest BCUT2D eigenvalue weighted by molar-refractivity contribution is 5.26. The molecule has 0 aliphatic carbocycles. The first-order chi connectivity index (χ1) is 7.18. The number of nitrogens with zero attached hydrogens (tertiary/aromatic N) is 2. The number of imidazole rings is 1. The fraction of sp³-hybridized carbons (Fsp3) is 0.250. The second-order valence-electron chi connectivity index (χ2n) is 3.71. The molecule has 1 aromatic carbocycles. The molecule has 0 aliphatic heterocycles. The molecule has 3 nitrogen and oxygen atoms in total. The zero-order valence-corrected chi connectivity index (χ0v) is 8.88. The molecule has 1 aromatic heterocycles. The first kappa shape index (κ1) is 9.93. The topological polar surface area (TPSA) is 38.1 Å². The van der Waals surface area contributed by atoms with Crippen molar-refractivity contribution in [2.45, 2.75) is 13.0 Å². The first-order valence-electron chi connectivity index (χ1n) is 4.90. The smallest absolute Gasteiger partial charge is 0.142 e. The van der Waals surface area contributed by atoms with Gasteiger partial charge in [-0.15, -0.1) is 0 Å². The summed E-state index contributed by atoms with van der Waals surface area (Å²) in [5.74, 6) is 0.666. The number of benzene rings is 1. The van der Waals surface area contributed by atoms with Crippen LogP contribution in [0.5, 0.6) is 0 Å². The summed E-state index contributed by atoms with van der Waals surface area (Å²) in [7, 11) is 1.87. The molecule has 15 heavy (non-hydrogen) atoms. The molecule has 0 radical (unpaired) electrons. The summed E-state index contributed by atoms with van der Waals surface area (Å²) in [6.07, 6.45) is 2.87. The van der Waals surface area contributed by atoms with Crippen molar-refractivity contribution in [1.29, 1.82) is 0 Å². The van der Waals surface area contributed by atoms with Gasteiger partial charge in [0.15, 0.2) is 0 Å². The van der Waals surface area contributed by atoms with Crippen molar-refractivity contribution in [3.05, 3.63) is 53.6 Å². The first-order valence-corrected chi connectivity index (χ1v) is 4.90. The maximum atomic E-state index is 10.1. The van der Waals surface area contributed by atoms with Gasteiger partial charge < -0.3 is 9.67 Å². The highest BCUT2D eigenvalue weighted by Crippen LogP contribution is 2.19. The van der Waals surface area contributed by atoms with E-state index in [1.54, 1.807) is 6.20 Å². The predicted molar refractivity (Wildman–Crippen MR) is 58.4 cm³/mol. The molecule has 2 rings (SSSR count). The Bertz CT molecular complexity index is 445. The van der Waals surface area contributed by atoms with Crippen LogP contribution in [0.4, 0.5) is 0 Å². The van der Waals surface area contributed by atoms with Crippen molar-refractivity contribution in [2.24, 2.45) is 7.05 Å². The Hall–Kier alpha value is -1.61. The van der Waals surface area contributed by atoms with E-state index in [1.165, 1.54) is 5.56 Å².